The normalized spacial score (nSPS) is 19.7. The van der Waals surface area contributed by atoms with Crippen LogP contribution in [-0.2, 0) is 14.8 Å². The molecule has 0 spiro atoms. The summed E-state index contributed by atoms with van der Waals surface area (Å²) in [5.74, 6) is -0.702. The van der Waals surface area contributed by atoms with Crippen LogP contribution < -0.4 is 10.0 Å². The van der Waals surface area contributed by atoms with E-state index in [9.17, 15) is 17.6 Å². The number of ether oxygens (including phenoxy) is 1. The summed E-state index contributed by atoms with van der Waals surface area (Å²) in [5.41, 5.74) is 0.640. The molecule has 0 saturated carbocycles. The summed E-state index contributed by atoms with van der Waals surface area (Å²) in [4.78, 5) is 14.7. The van der Waals surface area contributed by atoms with Crippen molar-refractivity contribution in [3.05, 3.63) is 59.9 Å². The van der Waals surface area contributed by atoms with Crippen molar-refractivity contribution in [1.82, 2.24) is 10.2 Å². The molecule has 7 nitrogen and oxygen atoms in total. The van der Waals surface area contributed by atoms with Gasteiger partial charge in [-0.15, -0.1) is 0 Å². The van der Waals surface area contributed by atoms with Crippen LogP contribution in [0.25, 0.3) is 0 Å². The number of hydrogen-bond acceptors (Lipinski definition) is 5. The quantitative estimate of drug-likeness (QED) is 0.605. The number of anilines is 1. The lowest BCUT2D eigenvalue weighted by atomic mass is 10.2. The number of nitrogens with zero attached hydrogens (tertiary/aromatic N) is 1. The van der Waals surface area contributed by atoms with Crippen molar-refractivity contribution >= 4 is 21.6 Å². The fraction of sp³-hybridized carbons (Fsp3) is 0.409. The highest BCUT2D eigenvalue weighted by Crippen LogP contribution is 2.17. The molecule has 31 heavy (non-hydrogen) atoms. The maximum absolute atomic E-state index is 13.0. The van der Waals surface area contributed by atoms with Gasteiger partial charge in [0, 0.05) is 37.4 Å². The molecule has 168 valence electrons. The van der Waals surface area contributed by atoms with E-state index >= 15 is 0 Å². The van der Waals surface area contributed by atoms with Crippen LogP contribution in [0.4, 0.5) is 10.1 Å². The van der Waals surface area contributed by atoms with E-state index in [1.54, 1.807) is 0 Å². The van der Waals surface area contributed by atoms with Crippen LogP contribution in [0, 0.1) is 5.82 Å². The lowest BCUT2D eigenvalue weighted by Gasteiger charge is -2.35. The highest BCUT2D eigenvalue weighted by Gasteiger charge is 2.21. The van der Waals surface area contributed by atoms with Gasteiger partial charge in [0.05, 0.1) is 17.1 Å². The molecule has 1 saturated heterocycles. The van der Waals surface area contributed by atoms with Crippen molar-refractivity contribution in [3.8, 4) is 0 Å². The first-order valence-corrected chi connectivity index (χ1v) is 11.8. The summed E-state index contributed by atoms with van der Waals surface area (Å²) in [6.45, 7) is 7.31. The van der Waals surface area contributed by atoms with Crippen molar-refractivity contribution < 1.29 is 22.3 Å². The molecule has 2 aromatic carbocycles. The molecule has 1 aliphatic heterocycles. The van der Waals surface area contributed by atoms with Gasteiger partial charge in [-0.1, -0.05) is 0 Å². The predicted octanol–water partition coefficient (Wildman–Crippen LogP) is 2.86. The number of hydrogen-bond donors (Lipinski definition) is 2. The highest BCUT2D eigenvalue weighted by atomic mass is 32.2. The third kappa shape index (κ3) is 6.75. The van der Waals surface area contributed by atoms with Gasteiger partial charge in [0.25, 0.3) is 15.9 Å². The molecule has 1 aliphatic rings. The molecule has 2 aromatic rings. The number of nitrogens with one attached hydrogen (secondary N) is 2. The summed E-state index contributed by atoms with van der Waals surface area (Å²) >= 11 is 0. The average Bonchev–Trinajstić information content (AvgIpc) is 2.72. The van der Waals surface area contributed by atoms with Gasteiger partial charge in [-0.05, 0) is 68.8 Å². The summed E-state index contributed by atoms with van der Waals surface area (Å²) in [6, 6.07) is 10.7. The zero-order valence-corrected chi connectivity index (χ0v) is 18.5. The van der Waals surface area contributed by atoms with Crippen molar-refractivity contribution in [2.45, 2.75) is 37.4 Å². The molecule has 0 bridgehead atoms. The van der Waals surface area contributed by atoms with Gasteiger partial charge in [-0.3, -0.25) is 14.4 Å². The Balaban J connectivity index is 1.48. The van der Waals surface area contributed by atoms with E-state index in [0.29, 0.717) is 12.1 Å². The van der Waals surface area contributed by atoms with Crippen LogP contribution in [0.5, 0.6) is 0 Å². The number of carbonyl (C=O) groups excluding carboxylic acids is 1. The minimum atomic E-state index is -3.83. The van der Waals surface area contributed by atoms with Crippen LogP contribution in [-0.4, -0.2) is 57.6 Å². The highest BCUT2D eigenvalue weighted by molar-refractivity contribution is 7.92. The molecule has 9 heteroatoms. The lowest BCUT2D eigenvalue weighted by Crippen LogP contribution is -2.46. The molecule has 0 radical (unpaired) electrons. The first-order valence-electron chi connectivity index (χ1n) is 10.3. The Morgan fingerprint density at radius 3 is 2.29 bits per heavy atom. The van der Waals surface area contributed by atoms with Gasteiger partial charge in [0.15, 0.2) is 0 Å². The minimum Gasteiger partial charge on any atom is -0.373 e. The Morgan fingerprint density at radius 1 is 1.06 bits per heavy atom. The van der Waals surface area contributed by atoms with E-state index in [4.69, 9.17) is 4.74 Å². The standard InChI is InChI=1S/C22H28FN3O4S/c1-16-14-26(15-17(2)30-16)13-3-12-24-22(27)18-4-10-21(11-5-18)31(28,29)25-20-8-6-19(23)7-9-20/h4-11,16-17,25H,3,12-15H2,1-2H3,(H,24,27)/t16-,17-/m0/s1. The van der Waals surface area contributed by atoms with E-state index in [1.807, 2.05) is 0 Å². The molecular weight excluding hydrogens is 421 g/mol. The summed E-state index contributed by atoms with van der Waals surface area (Å²) < 4.78 is 46.0. The van der Waals surface area contributed by atoms with Gasteiger partial charge in [0.2, 0.25) is 0 Å². The van der Waals surface area contributed by atoms with Crippen molar-refractivity contribution in [3.63, 3.8) is 0 Å². The van der Waals surface area contributed by atoms with Crippen LogP contribution in [0.3, 0.4) is 0 Å². The van der Waals surface area contributed by atoms with Gasteiger partial charge in [-0.25, -0.2) is 12.8 Å². The first-order chi connectivity index (χ1) is 14.7. The maximum atomic E-state index is 13.0. The van der Waals surface area contributed by atoms with Gasteiger partial charge in [-0.2, -0.15) is 0 Å². The van der Waals surface area contributed by atoms with Crippen LogP contribution >= 0.6 is 0 Å². The van der Waals surface area contributed by atoms with E-state index in [1.165, 1.54) is 48.5 Å². The number of rotatable bonds is 8. The number of morpholine rings is 1. The Kier molecular flexibility index (Phi) is 7.64. The summed E-state index contributed by atoms with van der Waals surface area (Å²) in [5, 5.41) is 2.87. The molecule has 1 fully saturated rings. The Morgan fingerprint density at radius 2 is 1.68 bits per heavy atom. The molecule has 2 N–H and O–H groups in total. The summed E-state index contributed by atoms with van der Waals surface area (Å²) in [7, 11) is -3.83. The predicted molar refractivity (Wildman–Crippen MR) is 117 cm³/mol. The second kappa shape index (κ2) is 10.2. The molecular formula is C22H28FN3O4S. The van der Waals surface area contributed by atoms with Crippen molar-refractivity contribution in [2.24, 2.45) is 0 Å². The number of sulfonamides is 1. The van der Waals surface area contributed by atoms with Crippen molar-refractivity contribution in [1.29, 1.82) is 0 Å². The van der Waals surface area contributed by atoms with Gasteiger partial charge < -0.3 is 10.1 Å². The van der Waals surface area contributed by atoms with Crippen LogP contribution in [0.2, 0.25) is 0 Å². The van der Waals surface area contributed by atoms with E-state index < -0.39 is 15.8 Å². The fourth-order valence-electron chi connectivity index (χ4n) is 3.59. The molecule has 0 aromatic heterocycles. The Labute approximate surface area is 182 Å². The second-order valence-electron chi connectivity index (χ2n) is 7.76. The Hall–Kier alpha value is -2.49. The molecule has 1 amide bonds. The average molecular weight is 450 g/mol. The second-order valence-corrected chi connectivity index (χ2v) is 9.45. The topological polar surface area (TPSA) is 87.7 Å². The molecule has 1 heterocycles. The minimum absolute atomic E-state index is 0.0175. The SMILES string of the molecule is C[C@H]1CN(CCCNC(=O)c2ccc(S(=O)(=O)Nc3ccc(F)cc3)cc2)C[C@H](C)O1. The monoisotopic (exact) mass is 449 g/mol. The lowest BCUT2D eigenvalue weighted by molar-refractivity contribution is -0.0680. The molecule has 0 aliphatic carbocycles. The number of benzene rings is 2. The van der Waals surface area contributed by atoms with E-state index in [-0.39, 0.29) is 28.7 Å². The third-order valence-corrected chi connectivity index (χ3v) is 6.35. The van der Waals surface area contributed by atoms with Gasteiger partial charge in [0.1, 0.15) is 5.82 Å². The van der Waals surface area contributed by atoms with Crippen LogP contribution in [0.1, 0.15) is 30.6 Å². The van der Waals surface area contributed by atoms with E-state index in [0.717, 1.165) is 26.1 Å². The zero-order chi connectivity index (χ0) is 22.4. The number of halogens is 1. The molecule has 2 atom stereocenters. The number of carbonyl (C=O) groups is 1. The van der Waals surface area contributed by atoms with Gasteiger partial charge >= 0.3 is 0 Å². The largest absolute Gasteiger partial charge is 0.373 e. The zero-order valence-electron chi connectivity index (χ0n) is 17.7. The van der Waals surface area contributed by atoms with Crippen LogP contribution in [0.15, 0.2) is 53.4 Å². The summed E-state index contributed by atoms with van der Waals surface area (Å²) in [6.07, 6.45) is 1.25. The third-order valence-electron chi connectivity index (χ3n) is 4.96. The molecule has 0 unspecified atom stereocenters. The van der Waals surface area contributed by atoms with Crippen molar-refractivity contribution in [2.75, 3.05) is 30.9 Å². The maximum Gasteiger partial charge on any atom is 0.261 e. The Bertz CT molecular complexity index is 971. The first kappa shape index (κ1) is 23.2. The fourth-order valence-corrected chi connectivity index (χ4v) is 4.65. The smallest absolute Gasteiger partial charge is 0.261 e. The number of amides is 1. The van der Waals surface area contributed by atoms with E-state index in [2.05, 4.69) is 28.8 Å². The molecule has 3 rings (SSSR count).